The number of carbonyl (C=O) groups is 1. The van der Waals surface area contributed by atoms with E-state index in [2.05, 4.69) is 10.4 Å². The van der Waals surface area contributed by atoms with Crippen molar-refractivity contribution in [1.82, 2.24) is 9.78 Å². The van der Waals surface area contributed by atoms with Crippen molar-refractivity contribution in [2.45, 2.75) is 56.7 Å². The van der Waals surface area contributed by atoms with Crippen LogP contribution in [-0.4, -0.2) is 34.1 Å². The summed E-state index contributed by atoms with van der Waals surface area (Å²) in [5.41, 5.74) is 1.24. The summed E-state index contributed by atoms with van der Waals surface area (Å²) in [4.78, 5) is 11.8. The lowest BCUT2D eigenvalue weighted by atomic mass is 9.78. The van der Waals surface area contributed by atoms with Crippen LogP contribution in [0.5, 0.6) is 0 Å². The summed E-state index contributed by atoms with van der Waals surface area (Å²) in [6.07, 6.45) is -1.95. The van der Waals surface area contributed by atoms with Crippen molar-refractivity contribution in [2.24, 2.45) is 7.05 Å². The highest BCUT2D eigenvalue weighted by molar-refractivity contribution is 5.84. The molecular weight excluding hydrogens is 299 g/mol. The number of halogens is 3. The Hall–Kier alpha value is -1.73. The van der Waals surface area contributed by atoms with Crippen molar-refractivity contribution in [2.75, 3.05) is 5.32 Å². The topological polar surface area (TPSA) is 56.2 Å². The summed E-state index contributed by atoms with van der Waals surface area (Å²) in [6, 6.07) is 0. The van der Waals surface area contributed by atoms with Crippen LogP contribution in [0, 0.1) is 6.92 Å². The van der Waals surface area contributed by atoms with Gasteiger partial charge in [0.15, 0.2) is 0 Å². The Labute approximate surface area is 125 Å². The van der Waals surface area contributed by atoms with Crippen molar-refractivity contribution in [1.29, 1.82) is 0 Å². The lowest BCUT2D eigenvalue weighted by Crippen LogP contribution is -2.36. The molecule has 0 radical (unpaired) electrons. The highest BCUT2D eigenvalue weighted by Gasteiger charge is 2.47. The quantitative estimate of drug-likeness (QED) is 0.930. The Morgan fingerprint density at radius 2 is 2.05 bits per heavy atom. The molecule has 0 aliphatic heterocycles. The summed E-state index contributed by atoms with van der Waals surface area (Å²) < 4.78 is 45.2. The predicted molar refractivity (Wildman–Crippen MR) is 72.9 cm³/mol. The Morgan fingerprint density at radius 3 is 2.59 bits per heavy atom. The number of rotatable bonds is 3. The first kappa shape index (κ1) is 15.2. The molecule has 0 saturated heterocycles. The van der Waals surface area contributed by atoms with Gasteiger partial charge in [-0.15, -0.1) is 0 Å². The zero-order chi connectivity index (χ0) is 16.1. The van der Waals surface area contributed by atoms with Gasteiger partial charge in [0, 0.05) is 44.2 Å². The minimum absolute atomic E-state index is 0.214. The zero-order valence-electron chi connectivity index (χ0n) is 12.4. The molecule has 0 atom stereocenters. The summed E-state index contributed by atoms with van der Waals surface area (Å²) in [6.45, 7) is 1.73. The van der Waals surface area contributed by atoms with Crippen molar-refractivity contribution in [3.63, 3.8) is 0 Å². The maximum atomic E-state index is 13.0. The zero-order valence-corrected chi connectivity index (χ0v) is 12.4. The monoisotopic (exact) mass is 317 g/mol. The third-order valence-corrected chi connectivity index (χ3v) is 4.33. The highest BCUT2D eigenvalue weighted by Crippen LogP contribution is 2.49. The van der Waals surface area contributed by atoms with E-state index in [9.17, 15) is 18.0 Å². The average Bonchev–Trinajstić information content (AvgIpc) is 2.62. The minimum Gasteiger partial charge on any atom is -0.446 e. The largest absolute Gasteiger partial charge is 0.446 e. The number of nitrogens with one attached hydrogen (secondary N) is 1. The van der Waals surface area contributed by atoms with E-state index in [4.69, 9.17) is 4.74 Å². The Bertz CT molecular complexity index is 588. The van der Waals surface area contributed by atoms with Crippen LogP contribution in [0.3, 0.4) is 0 Å². The number of aromatic nitrogens is 2. The molecule has 8 heteroatoms. The number of amides is 1. The van der Waals surface area contributed by atoms with E-state index in [-0.39, 0.29) is 31.6 Å². The van der Waals surface area contributed by atoms with Crippen LogP contribution >= 0.6 is 0 Å². The first-order valence-corrected chi connectivity index (χ1v) is 7.28. The second-order valence-electron chi connectivity index (χ2n) is 6.16. The summed E-state index contributed by atoms with van der Waals surface area (Å²) >= 11 is 0. The Morgan fingerprint density at radius 1 is 1.41 bits per heavy atom. The smallest absolute Gasteiger partial charge is 0.413 e. The van der Waals surface area contributed by atoms with Crippen LogP contribution in [0.1, 0.15) is 42.9 Å². The van der Waals surface area contributed by atoms with Gasteiger partial charge in [-0.1, -0.05) is 0 Å². The highest BCUT2D eigenvalue weighted by atomic mass is 19.3. The van der Waals surface area contributed by atoms with Gasteiger partial charge in [0.25, 0.3) is 0 Å². The second-order valence-corrected chi connectivity index (χ2v) is 6.16. The van der Waals surface area contributed by atoms with Crippen LogP contribution in [-0.2, 0) is 11.8 Å². The molecular formula is C14H18F3N3O2. The van der Waals surface area contributed by atoms with E-state index in [0.717, 1.165) is 0 Å². The molecule has 1 aromatic heterocycles. The van der Waals surface area contributed by atoms with Gasteiger partial charge < -0.3 is 4.74 Å². The average molecular weight is 317 g/mol. The molecule has 0 aromatic carbocycles. The molecule has 22 heavy (non-hydrogen) atoms. The van der Waals surface area contributed by atoms with Crippen LogP contribution in [0.2, 0.25) is 0 Å². The number of nitrogens with zero attached hydrogens (tertiary/aromatic N) is 2. The molecule has 1 aromatic rings. The third-order valence-electron chi connectivity index (χ3n) is 4.33. The van der Waals surface area contributed by atoms with Crippen LogP contribution in [0.15, 0.2) is 0 Å². The summed E-state index contributed by atoms with van der Waals surface area (Å²) in [7, 11) is 1.63. The fourth-order valence-electron chi connectivity index (χ4n) is 2.94. The molecule has 1 heterocycles. The molecule has 1 amide bonds. The van der Waals surface area contributed by atoms with Crippen molar-refractivity contribution < 1.29 is 22.7 Å². The van der Waals surface area contributed by atoms with Gasteiger partial charge in [0.2, 0.25) is 5.92 Å². The van der Waals surface area contributed by atoms with E-state index in [1.165, 1.54) is 4.68 Å². The van der Waals surface area contributed by atoms with Crippen molar-refractivity contribution >= 4 is 11.9 Å². The third kappa shape index (κ3) is 2.78. The minimum atomic E-state index is -2.62. The summed E-state index contributed by atoms with van der Waals surface area (Å²) in [5.74, 6) is -2.48. The number of carbonyl (C=O) groups excluding carboxylic acids is 1. The van der Waals surface area contributed by atoms with Gasteiger partial charge in [-0.3, -0.25) is 10.00 Å². The Balaban J connectivity index is 1.64. The van der Waals surface area contributed by atoms with Crippen LogP contribution in [0.4, 0.5) is 23.8 Å². The van der Waals surface area contributed by atoms with Gasteiger partial charge >= 0.3 is 6.09 Å². The van der Waals surface area contributed by atoms with E-state index >= 15 is 0 Å². The molecule has 0 spiro atoms. The molecule has 0 unspecified atom stereocenters. The lowest BCUT2D eigenvalue weighted by Gasteiger charge is -2.34. The maximum Gasteiger partial charge on any atom is 0.413 e. The standard InChI is InChI=1S/C14H18F3N3O2/c1-7-11(8-5-14(16,17)6-8)19-20(2)12(7)18-13(21)22-10-3-9(15)4-10/h8-10H,3-6H2,1-2H3,(H,18,21). The molecule has 2 fully saturated rings. The van der Waals surface area contributed by atoms with Crippen LogP contribution < -0.4 is 5.32 Å². The van der Waals surface area contributed by atoms with Crippen molar-refractivity contribution in [3.8, 4) is 0 Å². The van der Waals surface area contributed by atoms with E-state index in [0.29, 0.717) is 17.1 Å². The lowest BCUT2D eigenvalue weighted by molar-refractivity contribution is -0.0877. The number of hydrogen-bond donors (Lipinski definition) is 1. The SMILES string of the molecule is Cc1c(C2CC(F)(F)C2)nn(C)c1NC(=O)OC1CC(F)C1. The first-order chi connectivity index (χ1) is 10.2. The molecule has 3 rings (SSSR count). The second kappa shape index (κ2) is 5.17. The molecule has 122 valence electrons. The van der Waals surface area contributed by atoms with Gasteiger partial charge in [-0.25, -0.2) is 18.0 Å². The molecule has 2 aliphatic rings. The number of hydrogen-bond acceptors (Lipinski definition) is 3. The van der Waals surface area contributed by atoms with Gasteiger partial charge in [-0.2, -0.15) is 5.10 Å². The fourth-order valence-corrected chi connectivity index (χ4v) is 2.94. The number of ether oxygens (including phenoxy) is 1. The van der Waals surface area contributed by atoms with E-state index < -0.39 is 24.3 Å². The fraction of sp³-hybridized carbons (Fsp3) is 0.714. The molecule has 2 saturated carbocycles. The van der Waals surface area contributed by atoms with Gasteiger partial charge in [0.05, 0.1) is 5.69 Å². The molecule has 2 aliphatic carbocycles. The van der Waals surface area contributed by atoms with E-state index in [1.54, 1.807) is 14.0 Å². The number of anilines is 1. The normalized spacial score (nSPS) is 27.0. The number of aryl methyl sites for hydroxylation is 1. The Kier molecular flexibility index (Phi) is 3.57. The van der Waals surface area contributed by atoms with Crippen LogP contribution in [0.25, 0.3) is 0 Å². The van der Waals surface area contributed by atoms with Gasteiger partial charge in [0.1, 0.15) is 18.1 Å². The molecule has 5 nitrogen and oxygen atoms in total. The molecule has 0 bridgehead atoms. The molecule has 1 N–H and O–H groups in total. The van der Waals surface area contributed by atoms with Crippen molar-refractivity contribution in [3.05, 3.63) is 11.3 Å². The maximum absolute atomic E-state index is 13.0. The number of alkyl halides is 3. The summed E-state index contributed by atoms with van der Waals surface area (Å²) in [5, 5.41) is 6.80. The predicted octanol–water partition coefficient (Wildman–Crippen LogP) is 3.29. The van der Waals surface area contributed by atoms with Gasteiger partial charge in [-0.05, 0) is 6.92 Å². The van der Waals surface area contributed by atoms with E-state index in [1.807, 2.05) is 0 Å². The first-order valence-electron chi connectivity index (χ1n) is 7.28.